The van der Waals surface area contributed by atoms with E-state index in [0.29, 0.717) is 5.92 Å². The first-order chi connectivity index (χ1) is 5.54. The predicted molar refractivity (Wildman–Crippen MR) is 54.3 cm³/mol. The van der Waals surface area contributed by atoms with Crippen LogP contribution >= 0.6 is 11.8 Å². The van der Waals surface area contributed by atoms with Crippen LogP contribution in [0.5, 0.6) is 0 Å². The van der Waals surface area contributed by atoms with Crippen LogP contribution in [0.25, 0.3) is 0 Å². The van der Waals surface area contributed by atoms with Crippen LogP contribution in [-0.4, -0.2) is 28.3 Å². The van der Waals surface area contributed by atoms with Crippen molar-refractivity contribution in [1.29, 1.82) is 0 Å². The number of hydrogen-bond acceptors (Lipinski definition) is 3. The molecule has 0 amide bonds. The quantitative estimate of drug-likeness (QED) is 0.702. The van der Waals surface area contributed by atoms with Crippen molar-refractivity contribution in [1.82, 2.24) is 0 Å². The van der Waals surface area contributed by atoms with Crippen LogP contribution in [0.4, 0.5) is 0 Å². The number of thioether (sulfide) groups is 1. The Bertz CT molecular complexity index is 143. The minimum absolute atomic E-state index is 0.0347. The fraction of sp³-hybridized carbons (Fsp3) is 1.00. The summed E-state index contributed by atoms with van der Waals surface area (Å²) in [5, 5.41) is 10.1. The molecule has 3 N–H and O–H groups in total. The van der Waals surface area contributed by atoms with E-state index in [1.54, 1.807) is 11.8 Å². The van der Waals surface area contributed by atoms with Gasteiger partial charge >= 0.3 is 0 Å². The minimum atomic E-state index is -0.574. The second-order valence-electron chi connectivity index (χ2n) is 4.14. The molecule has 12 heavy (non-hydrogen) atoms. The van der Waals surface area contributed by atoms with Crippen LogP contribution in [0, 0.1) is 5.92 Å². The van der Waals surface area contributed by atoms with E-state index in [0.717, 1.165) is 24.3 Å². The van der Waals surface area contributed by atoms with E-state index >= 15 is 0 Å². The van der Waals surface area contributed by atoms with Crippen molar-refractivity contribution in [2.24, 2.45) is 11.7 Å². The lowest BCUT2D eigenvalue weighted by Gasteiger charge is -2.29. The van der Waals surface area contributed by atoms with Gasteiger partial charge in [0, 0.05) is 11.8 Å². The summed E-state index contributed by atoms with van der Waals surface area (Å²) in [6, 6.07) is -0.0347. The van der Waals surface area contributed by atoms with Crippen molar-refractivity contribution < 1.29 is 5.11 Å². The monoisotopic (exact) mass is 189 g/mol. The molecule has 0 bridgehead atoms. The van der Waals surface area contributed by atoms with Gasteiger partial charge in [0.25, 0.3) is 0 Å². The summed E-state index contributed by atoms with van der Waals surface area (Å²) >= 11 is 1.81. The Kier molecular flexibility index (Phi) is 3.44. The lowest BCUT2D eigenvalue weighted by molar-refractivity contribution is 0.0337. The van der Waals surface area contributed by atoms with Crippen molar-refractivity contribution in [2.45, 2.75) is 38.3 Å². The highest BCUT2D eigenvalue weighted by atomic mass is 32.2. The second-order valence-corrected chi connectivity index (χ2v) is 5.25. The number of hydrogen-bond donors (Lipinski definition) is 2. The second kappa shape index (κ2) is 3.99. The van der Waals surface area contributed by atoms with Crippen molar-refractivity contribution in [3.63, 3.8) is 0 Å². The molecule has 1 fully saturated rings. The van der Waals surface area contributed by atoms with Gasteiger partial charge in [0.2, 0.25) is 0 Å². The third kappa shape index (κ3) is 2.38. The van der Waals surface area contributed by atoms with Gasteiger partial charge in [-0.15, -0.1) is 0 Å². The van der Waals surface area contributed by atoms with Crippen molar-refractivity contribution in [3.05, 3.63) is 0 Å². The van der Waals surface area contributed by atoms with Gasteiger partial charge in [-0.05, 0) is 24.5 Å². The third-order valence-corrected chi connectivity index (χ3v) is 3.64. The van der Waals surface area contributed by atoms with Gasteiger partial charge in [-0.2, -0.15) is 11.8 Å². The lowest BCUT2D eigenvalue weighted by Crippen LogP contribution is -2.48. The van der Waals surface area contributed by atoms with Crippen LogP contribution in [0.1, 0.15) is 26.7 Å². The van der Waals surface area contributed by atoms with E-state index in [4.69, 9.17) is 5.73 Å². The average molecular weight is 189 g/mol. The smallest absolute Gasteiger partial charge is 0.0895 e. The van der Waals surface area contributed by atoms with Gasteiger partial charge in [-0.25, -0.2) is 0 Å². The number of rotatable bonds is 3. The molecule has 0 aromatic carbocycles. The van der Waals surface area contributed by atoms with Crippen LogP contribution in [-0.2, 0) is 0 Å². The average Bonchev–Trinajstić information content (AvgIpc) is 2.36. The van der Waals surface area contributed by atoms with Crippen molar-refractivity contribution >= 4 is 11.8 Å². The van der Waals surface area contributed by atoms with Gasteiger partial charge in [0.15, 0.2) is 0 Å². The summed E-state index contributed by atoms with van der Waals surface area (Å²) in [7, 11) is 0. The van der Waals surface area contributed by atoms with E-state index in [-0.39, 0.29) is 6.04 Å². The Hall–Kier alpha value is 0.270. The molecule has 2 unspecified atom stereocenters. The summed E-state index contributed by atoms with van der Waals surface area (Å²) in [5.41, 5.74) is 5.38. The van der Waals surface area contributed by atoms with Gasteiger partial charge < -0.3 is 10.8 Å². The molecule has 1 rings (SSSR count). The van der Waals surface area contributed by atoms with E-state index in [9.17, 15) is 5.11 Å². The standard InChI is InChI=1S/C9H19NOS/c1-7(2)5-8(10)9(11)3-4-12-6-9/h7-8,11H,3-6,10H2,1-2H3. The number of nitrogens with two attached hydrogens (primary N) is 1. The first-order valence-corrected chi connectivity index (χ1v) is 5.76. The largest absolute Gasteiger partial charge is 0.387 e. The van der Waals surface area contributed by atoms with Crippen LogP contribution < -0.4 is 5.73 Å². The molecular weight excluding hydrogens is 170 g/mol. The Morgan fingerprint density at radius 2 is 2.25 bits per heavy atom. The summed E-state index contributed by atoms with van der Waals surface area (Å²) in [5.74, 6) is 2.46. The maximum absolute atomic E-state index is 10.1. The van der Waals surface area contributed by atoms with Gasteiger partial charge in [0.1, 0.15) is 0 Å². The molecule has 0 aromatic heterocycles. The summed E-state index contributed by atoms with van der Waals surface area (Å²) in [6.07, 6.45) is 1.79. The Balaban J connectivity index is 2.44. The molecule has 1 aliphatic heterocycles. The van der Waals surface area contributed by atoms with E-state index in [2.05, 4.69) is 13.8 Å². The first-order valence-electron chi connectivity index (χ1n) is 4.60. The van der Waals surface area contributed by atoms with Crippen molar-refractivity contribution in [2.75, 3.05) is 11.5 Å². The third-order valence-electron chi connectivity index (χ3n) is 2.45. The lowest BCUT2D eigenvalue weighted by atomic mass is 9.88. The predicted octanol–water partition coefficient (Wildman–Crippen LogP) is 1.23. The van der Waals surface area contributed by atoms with Gasteiger partial charge in [-0.3, -0.25) is 0 Å². The highest BCUT2D eigenvalue weighted by Gasteiger charge is 2.37. The summed E-state index contributed by atoms with van der Waals surface area (Å²) in [6.45, 7) is 4.29. The first kappa shape index (κ1) is 10.4. The molecule has 1 heterocycles. The molecule has 72 valence electrons. The summed E-state index contributed by atoms with van der Waals surface area (Å²) < 4.78 is 0. The number of aliphatic hydroxyl groups is 1. The maximum atomic E-state index is 10.1. The molecule has 2 atom stereocenters. The molecule has 3 heteroatoms. The zero-order chi connectivity index (χ0) is 9.19. The molecule has 1 saturated heterocycles. The highest BCUT2D eigenvalue weighted by molar-refractivity contribution is 7.99. The maximum Gasteiger partial charge on any atom is 0.0895 e. The fourth-order valence-electron chi connectivity index (χ4n) is 1.59. The van der Waals surface area contributed by atoms with Crippen LogP contribution in [0.2, 0.25) is 0 Å². The zero-order valence-electron chi connectivity index (χ0n) is 7.92. The molecule has 0 saturated carbocycles. The molecular formula is C9H19NOS. The molecule has 0 aliphatic carbocycles. The molecule has 0 spiro atoms. The Labute approximate surface area is 78.9 Å². The Morgan fingerprint density at radius 1 is 1.58 bits per heavy atom. The Morgan fingerprint density at radius 3 is 2.67 bits per heavy atom. The van der Waals surface area contributed by atoms with Gasteiger partial charge in [-0.1, -0.05) is 13.8 Å². The van der Waals surface area contributed by atoms with Crippen molar-refractivity contribution in [3.8, 4) is 0 Å². The van der Waals surface area contributed by atoms with Gasteiger partial charge in [0.05, 0.1) is 5.60 Å². The van der Waals surface area contributed by atoms with E-state index in [1.807, 2.05) is 0 Å². The molecule has 0 radical (unpaired) electrons. The molecule has 2 nitrogen and oxygen atoms in total. The van der Waals surface area contributed by atoms with Crippen LogP contribution in [0.15, 0.2) is 0 Å². The van der Waals surface area contributed by atoms with Crippen LogP contribution in [0.3, 0.4) is 0 Å². The van der Waals surface area contributed by atoms with E-state index in [1.165, 1.54) is 0 Å². The topological polar surface area (TPSA) is 46.2 Å². The highest BCUT2D eigenvalue weighted by Crippen LogP contribution is 2.31. The summed E-state index contributed by atoms with van der Waals surface area (Å²) in [4.78, 5) is 0. The zero-order valence-corrected chi connectivity index (χ0v) is 8.73. The SMILES string of the molecule is CC(C)CC(N)C1(O)CCSC1. The molecule has 0 aromatic rings. The minimum Gasteiger partial charge on any atom is -0.387 e. The van der Waals surface area contributed by atoms with E-state index < -0.39 is 5.60 Å². The normalized spacial score (nSPS) is 32.8. The molecule has 1 aliphatic rings. The fourth-order valence-corrected chi connectivity index (χ4v) is 2.94.